The lowest BCUT2D eigenvalue weighted by Gasteiger charge is -2.37. The van der Waals surface area contributed by atoms with E-state index in [9.17, 15) is 38.9 Å². The summed E-state index contributed by atoms with van der Waals surface area (Å²) < 4.78 is 155. The Kier molecular flexibility index (Phi) is 46.7. The SMILES string of the molecule is CCCCCCCCOCC(COCC(COCCCCCCCC)(COCCCCCCCC)CS(=O)(=O)O)(COCC(COCCCCCCCC)(COCCCCCCCC)CS(=O)(=O)O)COS(=O)(=O)O. The Morgan fingerprint density at radius 3 is 0.693 bits per heavy atom. The van der Waals surface area contributed by atoms with Crippen LogP contribution in [0.5, 0.6) is 0 Å². The molecule has 452 valence electrons. The van der Waals surface area contributed by atoms with E-state index in [0.29, 0.717) is 32.8 Å². The Labute approximate surface area is 458 Å². The largest absolute Gasteiger partial charge is 0.397 e. The van der Waals surface area contributed by atoms with E-state index in [4.69, 9.17) is 37.3 Å². The van der Waals surface area contributed by atoms with Gasteiger partial charge in [0.2, 0.25) is 0 Å². The van der Waals surface area contributed by atoms with E-state index in [1.54, 1.807) is 0 Å². The van der Waals surface area contributed by atoms with E-state index < -0.39 is 65.0 Å². The van der Waals surface area contributed by atoms with Crippen LogP contribution in [0.4, 0.5) is 0 Å². The van der Waals surface area contributed by atoms with E-state index in [-0.39, 0.29) is 66.1 Å². The molecule has 75 heavy (non-hydrogen) atoms. The molecule has 0 saturated heterocycles. The first-order valence-electron chi connectivity index (χ1n) is 29.4. The third-order valence-corrected chi connectivity index (χ3v) is 15.7. The smallest absolute Gasteiger partial charge is 0.381 e. The molecule has 0 aromatic rings. The zero-order valence-corrected chi connectivity index (χ0v) is 50.5. The maximum Gasteiger partial charge on any atom is 0.397 e. The van der Waals surface area contributed by atoms with Crippen molar-refractivity contribution < 1.29 is 76.3 Å². The van der Waals surface area contributed by atoms with Crippen LogP contribution >= 0.6 is 0 Å². The van der Waals surface area contributed by atoms with Crippen LogP contribution in [0.3, 0.4) is 0 Å². The van der Waals surface area contributed by atoms with E-state index >= 15 is 0 Å². The summed E-state index contributed by atoms with van der Waals surface area (Å²) >= 11 is 0. The minimum Gasteiger partial charge on any atom is -0.381 e. The molecule has 0 amide bonds. The van der Waals surface area contributed by atoms with Gasteiger partial charge in [-0.1, -0.05) is 195 Å². The van der Waals surface area contributed by atoms with Gasteiger partial charge in [-0.05, 0) is 32.1 Å². The molecule has 0 bridgehead atoms. The molecule has 0 atom stereocenters. The first-order chi connectivity index (χ1) is 35.8. The standard InChI is InChI=1S/C55H112O17S3/c1-6-11-16-21-26-31-36-65-41-53(50-72-75(62,63)64,42-70-48-54(51-73(56,57)58,44-66-37-32-27-22-17-12-7-2)45-67-38-33-28-23-18-13-8-3)43-71-49-55(52-74(59,60)61,46-68-39-34-29-24-19-14-9-4)47-69-40-35-30-25-20-15-10-5/h6-52H2,1-5H3,(H,56,57,58)(H,59,60,61)(H,62,63,64). The van der Waals surface area contributed by atoms with Gasteiger partial charge in [-0.2, -0.15) is 25.3 Å². The van der Waals surface area contributed by atoms with Gasteiger partial charge in [0.05, 0.1) is 93.8 Å². The van der Waals surface area contributed by atoms with E-state index in [1.807, 2.05) is 0 Å². The summed E-state index contributed by atoms with van der Waals surface area (Å²) in [5, 5.41) is 0. The Balaban J connectivity index is 7.00. The maximum absolute atomic E-state index is 12.8. The van der Waals surface area contributed by atoms with Crippen molar-refractivity contribution in [3.8, 4) is 0 Å². The first kappa shape index (κ1) is 74.4. The number of unbranched alkanes of at least 4 members (excludes halogenated alkanes) is 25. The summed E-state index contributed by atoms with van der Waals surface area (Å²) in [6, 6.07) is 0. The second-order valence-electron chi connectivity index (χ2n) is 21.7. The van der Waals surface area contributed by atoms with Crippen LogP contribution in [-0.2, 0) is 68.0 Å². The molecule has 0 radical (unpaired) electrons. The Morgan fingerprint density at radius 2 is 0.467 bits per heavy atom. The third kappa shape index (κ3) is 46.8. The minimum atomic E-state index is -5.03. The molecule has 0 aliphatic heterocycles. The van der Waals surface area contributed by atoms with Crippen LogP contribution in [0.25, 0.3) is 0 Å². The molecule has 3 N–H and O–H groups in total. The van der Waals surface area contributed by atoms with Crippen molar-refractivity contribution in [2.24, 2.45) is 16.2 Å². The van der Waals surface area contributed by atoms with Crippen molar-refractivity contribution in [2.45, 2.75) is 227 Å². The molecule has 0 aromatic carbocycles. The van der Waals surface area contributed by atoms with Gasteiger partial charge in [0.25, 0.3) is 20.2 Å². The van der Waals surface area contributed by atoms with Crippen LogP contribution in [0.15, 0.2) is 0 Å². The van der Waals surface area contributed by atoms with Crippen molar-refractivity contribution in [1.82, 2.24) is 0 Å². The summed E-state index contributed by atoms with van der Waals surface area (Å²) in [6.07, 6.45) is 30.3. The highest BCUT2D eigenvalue weighted by molar-refractivity contribution is 7.86. The summed E-state index contributed by atoms with van der Waals surface area (Å²) in [7, 11) is -14.3. The lowest BCUT2D eigenvalue weighted by molar-refractivity contribution is -0.129. The van der Waals surface area contributed by atoms with Crippen molar-refractivity contribution in [2.75, 3.05) is 111 Å². The molecule has 0 saturated carbocycles. The molecule has 0 aromatic heterocycles. The Morgan fingerprint density at radius 1 is 0.267 bits per heavy atom. The molecule has 0 spiro atoms. The summed E-state index contributed by atoms with van der Waals surface area (Å²) in [4.78, 5) is 0. The van der Waals surface area contributed by atoms with Crippen molar-refractivity contribution in [1.29, 1.82) is 0 Å². The molecule has 0 rings (SSSR count). The van der Waals surface area contributed by atoms with Crippen molar-refractivity contribution in [3.05, 3.63) is 0 Å². The molecule has 0 fully saturated rings. The lowest BCUT2D eigenvalue weighted by Crippen LogP contribution is -2.48. The van der Waals surface area contributed by atoms with Crippen LogP contribution in [0.1, 0.15) is 227 Å². The number of ether oxygens (including phenoxy) is 7. The fraction of sp³-hybridized carbons (Fsp3) is 1.00. The summed E-state index contributed by atoms with van der Waals surface area (Å²) in [5.41, 5.74) is -4.32. The van der Waals surface area contributed by atoms with Gasteiger partial charge in [0.15, 0.2) is 0 Å². The number of rotatable bonds is 60. The van der Waals surface area contributed by atoms with Gasteiger partial charge in [0, 0.05) is 33.0 Å². The molecule has 0 heterocycles. The minimum absolute atomic E-state index is 0.132. The molecule has 0 unspecified atom stereocenters. The van der Waals surface area contributed by atoms with Crippen LogP contribution in [0, 0.1) is 16.2 Å². The van der Waals surface area contributed by atoms with Gasteiger partial charge in [-0.25, -0.2) is 4.18 Å². The monoisotopic (exact) mass is 1140 g/mol. The van der Waals surface area contributed by atoms with E-state index in [1.165, 1.54) is 0 Å². The molecule has 17 nitrogen and oxygen atoms in total. The third-order valence-electron chi connectivity index (χ3n) is 13.4. The quantitative estimate of drug-likeness (QED) is 0.0379. The molecular weight excluding hydrogens is 1030 g/mol. The molecular formula is C55H112O17S3. The number of hydrogen-bond acceptors (Lipinski definition) is 14. The molecule has 0 aliphatic rings. The van der Waals surface area contributed by atoms with Gasteiger partial charge < -0.3 is 33.2 Å². The summed E-state index contributed by atoms with van der Waals surface area (Å²) in [6.45, 7) is 9.60. The van der Waals surface area contributed by atoms with Crippen LogP contribution in [-0.4, -0.2) is 150 Å². The van der Waals surface area contributed by atoms with E-state index in [0.717, 1.165) is 186 Å². The number of hydrogen-bond donors (Lipinski definition) is 3. The molecule has 0 aliphatic carbocycles. The topological polar surface area (TPSA) is 237 Å². The maximum atomic E-state index is 12.8. The highest BCUT2D eigenvalue weighted by Crippen LogP contribution is 2.30. The fourth-order valence-electron chi connectivity index (χ4n) is 9.06. The lowest BCUT2D eigenvalue weighted by atomic mass is 9.90. The predicted molar refractivity (Wildman–Crippen MR) is 300 cm³/mol. The van der Waals surface area contributed by atoms with Crippen LogP contribution < -0.4 is 0 Å². The average Bonchev–Trinajstić information content (AvgIpc) is 3.33. The zero-order valence-electron chi connectivity index (χ0n) is 48.0. The van der Waals surface area contributed by atoms with Crippen LogP contribution in [0.2, 0.25) is 0 Å². The normalized spacial score (nSPS) is 13.1. The van der Waals surface area contributed by atoms with Gasteiger partial charge in [-0.15, -0.1) is 0 Å². The summed E-state index contributed by atoms with van der Waals surface area (Å²) in [5.74, 6) is -1.50. The first-order valence-corrected chi connectivity index (χ1v) is 34.0. The zero-order chi connectivity index (χ0) is 55.9. The Hall–Kier alpha value is -0.590. The second-order valence-corrected chi connectivity index (χ2v) is 25.7. The van der Waals surface area contributed by atoms with Gasteiger partial charge in [0.1, 0.15) is 0 Å². The predicted octanol–water partition coefficient (Wildman–Crippen LogP) is 12.5. The Bertz CT molecular complexity index is 1490. The average molecular weight is 1140 g/mol. The van der Waals surface area contributed by atoms with E-state index in [2.05, 4.69) is 34.6 Å². The van der Waals surface area contributed by atoms with Gasteiger partial charge >= 0.3 is 10.4 Å². The highest BCUT2D eigenvalue weighted by Gasteiger charge is 2.42. The highest BCUT2D eigenvalue weighted by atomic mass is 32.3. The fourth-order valence-corrected chi connectivity index (χ4v) is 11.5. The van der Waals surface area contributed by atoms with Crippen molar-refractivity contribution in [3.63, 3.8) is 0 Å². The molecule has 20 heteroatoms. The second kappa shape index (κ2) is 47.1. The van der Waals surface area contributed by atoms with Crippen molar-refractivity contribution >= 4 is 30.6 Å². The van der Waals surface area contributed by atoms with Gasteiger partial charge in [-0.3, -0.25) is 13.7 Å².